The van der Waals surface area contributed by atoms with E-state index in [0.717, 1.165) is 12.5 Å². The number of hydrogen-bond donors (Lipinski definition) is 2. The number of nitrogens with one attached hydrogen (secondary N) is 1. The molecule has 0 unspecified atom stereocenters. The Kier molecular flexibility index (Phi) is 3.54. The van der Waals surface area contributed by atoms with Crippen molar-refractivity contribution in [3.8, 4) is 6.07 Å². The number of anilines is 2. The monoisotopic (exact) mass is 305 g/mol. The zero-order chi connectivity index (χ0) is 15.0. The van der Waals surface area contributed by atoms with E-state index in [1.165, 1.54) is 37.0 Å². The number of nitrogens with two attached hydrogens (primary N) is 1. The van der Waals surface area contributed by atoms with Crippen LogP contribution >= 0.6 is 11.3 Å². The highest BCUT2D eigenvalue weighted by Gasteiger charge is 2.53. The van der Waals surface area contributed by atoms with Gasteiger partial charge in [0, 0.05) is 6.54 Å². The summed E-state index contributed by atoms with van der Waals surface area (Å²) in [5.41, 5.74) is 6.95. The van der Waals surface area contributed by atoms with Crippen LogP contribution < -0.4 is 11.1 Å². The Balaban J connectivity index is 1.76. The summed E-state index contributed by atoms with van der Waals surface area (Å²) in [6.07, 6.45) is 5.18. The molecule has 1 aromatic rings. The number of esters is 1. The van der Waals surface area contributed by atoms with Crippen molar-refractivity contribution in [1.82, 2.24) is 0 Å². The highest BCUT2D eigenvalue weighted by Crippen LogP contribution is 2.61. The van der Waals surface area contributed by atoms with Crippen molar-refractivity contribution in [2.24, 2.45) is 11.3 Å². The summed E-state index contributed by atoms with van der Waals surface area (Å²) in [6, 6.07) is 2.10. The predicted molar refractivity (Wildman–Crippen MR) is 82.3 cm³/mol. The van der Waals surface area contributed by atoms with Crippen molar-refractivity contribution in [3.63, 3.8) is 0 Å². The molecule has 21 heavy (non-hydrogen) atoms. The smallest absolute Gasteiger partial charge is 0.350 e. The zero-order valence-corrected chi connectivity index (χ0v) is 12.9. The van der Waals surface area contributed by atoms with E-state index in [2.05, 4.69) is 11.4 Å². The Hall–Kier alpha value is -1.74. The van der Waals surface area contributed by atoms with Crippen LogP contribution in [0.1, 0.15) is 47.8 Å². The Labute approximate surface area is 128 Å². The minimum Gasteiger partial charge on any atom is -0.462 e. The Morgan fingerprint density at radius 1 is 1.57 bits per heavy atom. The number of rotatable bonds is 6. The Morgan fingerprint density at radius 3 is 2.81 bits per heavy atom. The molecule has 0 saturated heterocycles. The minimum absolute atomic E-state index is 0.236. The Bertz CT molecular complexity index is 609. The van der Waals surface area contributed by atoms with E-state index in [1.807, 2.05) is 0 Å². The topological polar surface area (TPSA) is 88.1 Å². The number of nitrogen functional groups attached to an aromatic ring is 1. The summed E-state index contributed by atoms with van der Waals surface area (Å²) in [6.45, 7) is 2.92. The third-order valence-electron chi connectivity index (χ3n) is 4.45. The molecule has 2 fully saturated rings. The molecule has 3 rings (SSSR count). The molecule has 6 heteroatoms. The summed E-state index contributed by atoms with van der Waals surface area (Å²) in [5.74, 6) is 0.394. The molecule has 2 aliphatic carbocycles. The lowest BCUT2D eigenvalue weighted by Crippen LogP contribution is -2.17. The number of thiophene rings is 1. The van der Waals surface area contributed by atoms with Gasteiger partial charge in [-0.25, -0.2) is 4.79 Å². The number of nitrogens with zero attached hydrogens (tertiary/aromatic N) is 1. The first kappa shape index (κ1) is 14.2. The molecule has 0 spiro atoms. The molecule has 1 heterocycles. The van der Waals surface area contributed by atoms with Crippen LogP contribution in [0.25, 0.3) is 0 Å². The van der Waals surface area contributed by atoms with E-state index in [1.54, 1.807) is 6.92 Å². The maximum atomic E-state index is 11.8. The maximum Gasteiger partial charge on any atom is 0.350 e. The maximum absolute atomic E-state index is 11.8. The van der Waals surface area contributed by atoms with E-state index < -0.39 is 5.97 Å². The van der Waals surface area contributed by atoms with Gasteiger partial charge >= 0.3 is 5.97 Å². The average molecular weight is 305 g/mol. The second-order valence-corrected chi connectivity index (χ2v) is 6.89. The van der Waals surface area contributed by atoms with Crippen LogP contribution in [0.2, 0.25) is 0 Å². The van der Waals surface area contributed by atoms with Crippen molar-refractivity contribution in [3.05, 3.63) is 10.4 Å². The molecule has 2 aliphatic rings. The van der Waals surface area contributed by atoms with E-state index in [4.69, 9.17) is 10.5 Å². The SMILES string of the molecule is CCOC(=O)c1sc(NCC2(C3CC3)CC2)c(C#N)c1N. The molecule has 5 nitrogen and oxygen atoms in total. The van der Waals surface area contributed by atoms with Gasteiger partial charge in [-0.2, -0.15) is 5.26 Å². The summed E-state index contributed by atoms with van der Waals surface area (Å²) < 4.78 is 4.98. The molecule has 0 amide bonds. The molecule has 2 saturated carbocycles. The van der Waals surface area contributed by atoms with Gasteiger partial charge in [-0.3, -0.25) is 0 Å². The van der Waals surface area contributed by atoms with Gasteiger partial charge < -0.3 is 15.8 Å². The first-order chi connectivity index (χ1) is 10.1. The van der Waals surface area contributed by atoms with E-state index in [9.17, 15) is 10.1 Å². The number of carbonyl (C=O) groups is 1. The minimum atomic E-state index is -0.451. The van der Waals surface area contributed by atoms with Crippen molar-refractivity contribution < 1.29 is 9.53 Å². The van der Waals surface area contributed by atoms with Gasteiger partial charge in [0.15, 0.2) is 0 Å². The van der Waals surface area contributed by atoms with Crippen molar-refractivity contribution in [2.45, 2.75) is 32.6 Å². The third kappa shape index (κ3) is 2.58. The molecule has 1 aromatic heterocycles. The first-order valence-corrected chi connectivity index (χ1v) is 8.16. The fourth-order valence-electron chi connectivity index (χ4n) is 2.87. The number of ether oxygens (including phenoxy) is 1. The van der Waals surface area contributed by atoms with Crippen LogP contribution in [-0.2, 0) is 4.74 Å². The molecule has 3 N–H and O–H groups in total. The van der Waals surface area contributed by atoms with Gasteiger partial charge in [0.25, 0.3) is 0 Å². The van der Waals surface area contributed by atoms with Crippen LogP contribution in [0.15, 0.2) is 0 Å². The van der Waals surface area contributed by atoms with Gasteiger partial charge in [0.05, 0.1) is 12.3 Å². The van der Waals surface area contributed by atoms with E-state index in [-0.39, 0.29) is 5.69 Å². The van der Waals surface area contributed by atoms with Gasteiger partial charge in [0.1, 0.15) is 21.5 Å². The van der Waals surface area contributed by atoms with Crippen LogP contribution in [0.3, 0.4) is 0 Å². The lowest BCUT2D eigenvalue weighted by atomic mass is 10.0. The second kappa shape index (κ2) is 5.23. The fourth-order valence-corrected chi connectivity index (χ4v) is 3.83. The second-order valence-electron chi connectivity index (χ2n) is 5.87. The normalized spacial score (nSPS) is 18.9. The molecular formula is C15H19N3O2S. The van der Waals surface area contributed by atoms with Crippen LogP contribution in [0, 0.1) is 22.7 Å². The van der Waals surface area contributed by atoms with Crippen molar-refractivity contribution in [1.29, 1.82) is 5.26 Å². The van der Waals surface area contributed by atoms with Crippen molar-refractivity contribution in [2.75, 3.05) is 24.2 Å². The van der Waals surface area contributed by atoms with Gasteiger partial charge in [-0.15, -0.1) is 11.3 Å². The summed E-state index contributed by atoms with van der Waals surface area (Å²) in [7, 11) is 0. The van der Waals surface area contributed by atoms with Gasteiger partial charge in [-0.05, 0) is 43.9 Å². The van der Waals surface area contributed by atoms with Crippen LogP contribution in [-0.4, -0.2) is 19.1 Å². The Morgan fingerprint density at radius 2 is 2.29 bits per heavy atom. The number of carbonyl (C=O) groups excluding carboxylic acids is 1. The summed E-state index contributed by atoms with van der Waals surface area (Å²) in [5, 5.41) is 13.3. The molecule has 0 atom stereocenters. The molecular weight excluding hydrogens is 286 g/mol. The lowest BCUT2D eigenvalue weighted by molar-refractivity contribution is 0.0533. The zero-order valence-electron chi connectivity index (χ0n) is 12.1. The van der Waals surface area contributed by atoms with Gasteiger partial charge in [-0.1, -0.05) is 0 Å². The number of hydrogen-bond acceptors (Lipinski definition) is 6. The van der Waals surface area contributed by atoms with Crippen molar-refractivity contribution >= 4 is 28.0 Å². The number of nitriles is 1. The van der Waals surface area contributed by atoms with E-state index in [0.29, 0.717) is 27.5 Å². The summed E-state index contributed by atoms with van der Waals surface area (Å²) >= 11 is 1.23. The predicted octanol–water partition coefficient (Wildman–Crippen LogP) is 2.98. The molecule has 0 radical (unpaired) electrons. The summed E-state index contributed by atoms with van der Waals surface area (Å²) in [4.78, 5) is 12.2. The quantitative estimate of drug-likeness (QED) is 0.789. The van der Waals surface area contributed by atoms with Gasteiger partial charge in [0.2, 0.25) is 0 Å². The molecule has 0 aromatic carbocycles. The highest BCUT2D eigenvalue weighted by atomic mass is 32.1. The molecule has 0 bridgehead atoms. The molecule has 0 aliphatic heterocycles. The standard InChI is InChI=1S/C15H19N3O2S/c1-2-20-14(19)12-11(17)10(7-16)13(21-12)18-8-15(5-6-15)9-3-4-9/h9,18H,2-6,8,17H2,1H3. The van der Waals surface area contributed by atoms with E-state index >= 15 is 0 Å². The largest absolute Gasteiger partial charge is 0.462 e. The first-order valence-electron chi connectivity index (χ1n) is 7.34. The highest BCUT2D eigenvalue weighted by molar-refractivity contribution is 7.18. The van der Waals surface area contributed by atoms with Crippen LogP contribution in [0.4, 0.5) is 10.7 Å². The fraction of sp³-hybridized carbons (Fsp3) is 0.600. The third-order valence-corrected chi connectivity index (χ3v) is 5.60. The molecule has 112 valence electrons. The van der Waals surface area contributed by atoms with Crippen LogP contribution in [0.5, 0.6) is 0 Å². The average Bonchev–Trinajstić information content (AvgIpc) is 3.34. The lowest BCUT2D eigenvalue weighted by Gasteiger charge is -2.15.